The van der Waals surface area contributed by atoms with Crippen molar-refractivity contribution in [1.82, 2.24) is 10.4 Å². The van der Waals surface area contributed by atoms with Crippen LogP contribution in [-0.4, -0.2) is 11.5 Å². The number of nitrogens with zero attached hydrogens (tertiary/aromatic N) is 4. The van der Waals surface area contributed by atoms with E-state index in [-0.39, 0.29) is 34.4 Å². The van der Waals surface area contributed by atoms with E-state index >= 15 is 0 Å². The zero-order chi connectivity index (χ0) is 18.0. The van der Waals surface area contributed by atoms with Gasteiger partial charge in [-0.05, 0) is 6.07 Å². The Morgan fingerprint density at radius 1 is 1.31 bits per heavy atom. The largest absolute Gasteiger partial charge is 1.00 e. The zero-order valence-corrected chi connectivity index (χ0v) is 15.5. The highest BCUT2D eigenvalue weighted by Gasteiger charge is 2.33. The molecule has 0 spiro atoms. The minimum absolute atomic E-state index is 0. The monoisotopic (exact) mass is 445 g/mol. The molecular formula is C16H12BrClF3N5. The van der Waals surface area contributed by atoms with Crippen LogP contribution >= 0.6 is 11.6 Å². The molecule has 0 amide bonds. The molecule has 1 N–H and O–H groups in total. The summed E-state index contributed by atoms with van der Waals surface area (Å²) in [4.78, 5) is 3.81. The Kier molecular flexibility index (Phi) is 6.10. The van der Waals surface area contributed by atoms with E-state index in [0.29, 0.717) is 17.8 Å². The molecule has 3 heterocycles. The molecule has 10 heteroatoms. The fourth-order valence-corrected chi connectivity index (χ4v) is 2.66. The maximum Gasteiger partial charge on any atom is 0.417 e. The predicted octanol–water partition coefficient (Wildman–Crippen LogP) is -0.152. The number of nitriles is 1. The normalized spacial score (nSPS) is 13.9. The number of rotatable bonds is 3. The molecule has 0 aliphatic carbocycles. The SMILES string of the molecule is N#CC1=C(C[n+]2ccccc2)NN(c2ncc(C(F)(F)F)cc2Cl)C1.[Br-]. The second-order valence-electron chi connectivity index (χ2n) is 5.34. The van der Waals surface area contributed by atoms with E-state index < -0.39 is 11.7 Å². The molecule has 2 aromatic rings. The van der Waals surface area contributed by atoms with Crippen molar-refractivity contribution in [3.05, 3.63) is 64.7 Å². The van der Waals surface area contributed by atoms with Gasteiger partial charge >= 0.3 is 6.18 Å². The number of pyridine rings is 2. The number of hydrogen-bond donors (Lipinski definition) is 1. The third-order valence-corrected chi connectivity index (χ3v) is 3.89. The lowest BCUT2D eigenvalue weighted by Crippen LogP contribution is -3.00. The minimum Gasteiger partial charge on any atom is -1.00 e. The lowest BCUT2D eigenvalue weighted by atomic mass is 10.2. The van der Waals surface area contributed by atoms with Crippen molar-refractivity contribution < 1.29 is 34.7 Å². The number of anilines is 1. The van der Waals surface area contributed by atoms with Gasteiger partial charge in [0.25, 0.3) is 0 Å². The topological polar surface area (TPSA) is 55.8 Å². The molecule has 0 aromatic carbocycles. The van der Waals surface area contributed by atoms with Crippen molar-refractivity contribution in [2.24, 2.45) is 0 Å². The number of hydrazine groups is 1. The van der Waals surface area contributed by atoms with Crippen LogP contribution in [0.4, 0.5) is 19.0 Å². The van der Waals surface area contributed by atoms with Crippen molar-refractivity contribution >= 4 is 17.4 Å². The van der Waals surface area contributed by atoms with Crippen LogP contribution in [0.1, 0.15) is 5.56 Å². The van der Waals surface area contributed by atoms with Crippen LogP contribution < -0.4 is 32.0 Å². The summed E-state index contributed by atoms with van der Waals surface area (Å²) >= 11 is 5.96. The van der Waals surface area contributed by atoms with E-state index in [0.717, 1.165) is 12.3 Å². The maximum atomic E-state index is 12.7. The third-order valence-electron chi connectivity index (χ3n) is 3.61. The minimum atomic E-state index is -4.52. The van der Waals surface area contributed by atoms with Gasteiger partial charge in [0.1, 0.15) is 5.70 Å². The Balaban J connectivity index is 0.00000243. The fourth-order valence-electron chi connectivity index (χ4n) is 2.39. The lowest BCUT2D eigenvalue weighted by Gasteiger charge is -2.20. The molecular weight excluding hydrogens is 435 g/mol. The van der Waals surface area contributed by atoms with Crippen molar-refractivity contribution in [2.75, 3.05) is 11.6 Å². The van der Waals surface area contributed by atoms with Gasteiger partial charge in [0.05, 0.1) is 28.8 Å². The van der Waals surface area contributed by atoms with Crippen molar-refractivity contribution in [3.63, 3.8) is 0 Å². The molecule has 3 rings (SSSR count). The number of nitrogens with one attached hydrogen (secondary N) is 1. The van der Waals surface area contributed by atoms with Crippen LogP contribution in [0.5, 0.6) is 0 Å². The third kappa shape index (κ3) is 4.26. The van der Waals surface area contributed by atoms with E-state index in [1.54, 1.807) is 0 Å². The Morgan fingerprint density at radius 3 is 2.58 bits per heavy atom. The van der Waals surface area contributed by atoms with Crippen LogP contribution in [0.15, 0.2) is 54.1 Å². The Hall–Kier alpha value is -2.31. The fraction of sp³-hybridized carbons (Fsp3) is 0.188. The van der Waals surface area contributed by atoms with E-state index in [1.807, 2.05) is 35.2 Å². The van der Waals surface area contributed by atoms with Gasteiger partial charge in [0.15, 0.2) is 24.8 Å². The lowest BCUT2D eigenvalue weighted by molar-refractivity contribution is -0.689. The molecule has 0 saturated heterocycles. The van der Waals surface area contributed by atoms with Gasteiger partial charge in [0.2, 0.25) is 0 Å². The Bertz CT molecular complexity index is 864. The van der Waals surface area contributed by atoms with Crippen molar-refractivity contribution in [3.8, 4) is 6.07 Å². The summed E-state index contributed by atoms with van der Waals surface area (Å²) in [5.74, 6) is 0.135. The molecule has 136 valence electrons. The van der Waals surface area contributed by atoms with E-state index in [4.69, 9.17) is 11.6 Å². The number of halogens is 5. The molecule has 0 atom stereocenters. The molecule has 5 nitrogen and oxygen atoms in total. The van der Waals surface area contributed by atoms with Crippen LogP contribution in [0, 0.1) is 11.3 Å². The first-order valence-electron chi connectivity index (χ1n) is 7.21. The summed E-state index contributed by atoms with van der Waals surface area (Å²) in [6.07, 6.45) is -0.108. The summed E-state index contributed by atoms with van der Waals surface area (Å²) in [6.45, 7) is 0.579. The second-order valence-corrected chi connectivity index (χ2v) is 5.75. The number of alkyl halides is 3. The summed E-state index contributed by atoms with van der Waals surface area (Å²) in [5, 5.41) is 10.6. The van der Waals surface area contributed by atoms with Gasteiger partial charge < -0.3 is 17.0 Å². The van der Waals surface area contributed by atoms with Gasteiger partial charge in [0, 0.05) is 18.3 Å². The number of aromatic nitrogens is 2. The smallest absolute Gasteiger partial charge is 0.417 e. The van der Waals surface area contributed by atoms with Crippen LogP contribution in [0.3, 0.4) is 0 Å². The molecule has 2 aromatic heterocycles. The molecule has 1 aliphatic heterocycles. The predicted molar refractivity (Wildman–Crippen MR) is 84.0 cm³/mol. The maximum absolute atomic E-state index is 12.7. The molecule has 0 fully saturated rings. The van der Waals surface area contributed by atoms with Gasteiger partial charge in [-0.15, -0.1) is 0 Å². The first-order chi connectivity index (χ1) is 11.9. The second kappa shape index (κ2) is 7.93. The van der Waals surface area contributed by atoms with Crippen LogP contribution in [0.2, 0.25) is 5.02 Å². The number of hydrogen-bond acceptors (Lipinski definition) is 4. The quantitative estimate of drug-likeness (QED) is 0.667. The number of allylic oxidation sites excluding steroid dienone is 1. The van der Waals surface area contributed by atoms with E-state index in [2.05, 4.69) is 16.5 Å². The average molecular weight is 447 g/mol. The van der Waals surface area contributed by atoms with Crippen molar-refractivity contribution in [1.29, 1.82) is 5.26 Å². The van der Waals surface area contributed by atoms with Gasteiger partial charge in [-0.3, -0.25) is 10.4 Å². The molecule has 26 heavy (non-hydrogen) atoms. The Morgan fingerprint density at radius 2 is 2.00 bits per heavy atom. The van der Waals surface area contributed by atoms with Crippen LogP contribution in [-0.2, 0) is 12.7 Å². The standard InChI is InChI=1S/C16H12ClF3N5.BrH/c17-13-6-12(16(18,19)20)8-22-15(13)25-9-11(7-21)14(23-25)10-24-4-2-1-3-5-24;/h1-6,8,23H,9-10H2;1H/q+1;/p-1. The molecule has 0 bridgehead atoms. The van der Waals surface area contributed by atoms with E-state index in [9.17, 15) is 18.4 Å². The zero-order valence-electron chi connectivity index (χ0n) is 13.1. The van der Waals surface area contributed by atoms with Crippen molar-refractivity contribution in [2.45, 2.75) is 12.7 Å². The van der Waals surface area contributed by atoms with E-state index in [1.165, 1.54) is 5.01 Å². The molecule has 0 saturated carbocycles. The molecule has 1 aliphatic rings. The summed E-state index contributed by atoms with van der Waals surface area (Å²) in [7, 11) is 0. The summed E-state index contributed by atoms with van der Waals surface area (Å²) in [6, 6.07) is 8.50. The highest BCUT2D eigenvalue weighted by Crippen LogP contribution is 2.34. The highest BCUT2D eigenvalue weighted by molar-refractivity contribution is 6.33. The summed E-state index contributed by atoms with van der Waals surface area (Å²) in [5.41, 5.74) is 3.18. The van der Waals surface area contributed by atoms with Gasteiger partial charge in [-0.2, -0.15) is 23.0 Å². The highest BCUT2D eigenvalue weighted by atomic mass is 79.9. The van der Waals surface area contributed by atoms with Gasteiger partial charge in [-0.1, -0.05) is 17.7 Å². The van der Waals surface area contributed by atoms with Gasteiger partial charge in [-0.25, -0.2) is 4.98 Å². The molecule has 0 unspecified atom stereocenters. The summed E-state index contributed by atoms with van der Waals surface area (Å²) < 4.78 is 40.0. The first-order valence-corrected chi connectivity index (χ1v) is 7.59. The van der Waals surface area contributed by atoms with Crippen LogP contribution in [0.25, 0.3) is 0 Å². The first kappa shape index (κ1) is 20.0. The average Bonchev–Trinajstić information content (AvgIpc) is 2.97. The molecule has 0 radical (unpaired) electrons. The Labute approximate surface area is 163 Å².